The molecule has 4 nitrogen and oxygen atoms in total. The number of rotatable bonds is 8. The molecule has 6 heteroatoms. The highest BCUT2D eigenvalue weighted by Gasteiger charge is 2.33. The Labute approximate surface area is 169 Å². The zero-order valence-electron chi connectivity index (χ0n) is 16.0. The highest BCUT2D eigenvalue weighted by Crippen LogP contribution is 2.41. The van der Waals surface area contributed by atoms with Crippen LogP contribution in [0.4, 0.5) is 15.8 Å². The van der Waals surface area contributed by atoms with Crippen LogP contribution in [-0.2, 0) is 9.59 Å². The second-order valence-corrected chi connectivity index (χ2v) is 7.95. The summed E-state index contributed by atoms with van der Waals surface area (Å²) in [6.07, 6.45) is 4.83. The molecule has 0 aliphatic carbocycles. The van der Waals surface area contributed by atoms with Gasteiger partial charge in [0.25, 0.3) is 0 Å². The summed E-state index contributed by atoms with van der Waals surface area (Å²) in [5.41, 5.74) is 2.42. The normalized spacial score (nSPS) is 16.4. The van der Waals surface area contributed by atoms with E-state index in [1.165, 1.54) is 12.1 Å². The van der Waals surface area contributed by atoms with Crippen LogP contribution < -0.4 is 10.2 Å². The summed E-state index contributed by atoms with van der Waals surface area (Å²) in [5, 5.41) is 2.77. The molecule has 148 valence electrons. The van der Waals surface area contributed by atoms with E-state index < -0.39 is 0 Å². The molecule has 3 rings (SSSR count). The summed E-state index contributed by atoms with van der Waals surface area (Å²) in [7, 11) is 0. The Morgan fingerprint density at radius 2 is 1.82 bits per heavy atom. The number of hydrogen-bond acceptors (Lipinski definition) is 3. The quantitative estimate of drug-likeness (QED) is 0.594. The molecule has 0 unspecified atom stereocenters. The molecule has 1 aliphatic heterocycles. The lowest BCUT2D eigenvalue weighted by Gasteiger charge is -2.24. The standard InChI is InChI=1S/C22H25FN2O2S/c1-2-3-4-5-6-20(26)24-18-11-7-16(8-12-18)22-25(21(27)15-28-22)19-13-9-17(23)10-14-19/h7-14,22H,2-6,15H2,1H3,(H,24,26)/t22-/m0/s1. The number of nitrogens with one attached hydrogen (secondary N) is 1. The van der Waals surface area contributed by atoms with E-state index in [0.717, 1.165) is 36.9 Å². The van der Waals surface area contributed by atoms with Gasteiger partial charge in [-0.2, -0.15) is 0 Å². The van der Waals surface area contributed by atoms with Crippen molar-refractivity contribution in [3.05, 3.63) is 59.9 Å². The number of benzene rings is 2. The van der Waals surface area contributed by atoms with Crippen molar-refractivity contribution in [3.63, 3.8) is 0 Å². The Morgan fingerprint density at radius 3 is 2.50 bits per heavy atom. The van der Waals surface area contributed by atoms with Crippen molar-refractivity contribution in [2.45, 2.75) is 44.4 Å². The first-order chi connectivity index (χ1) is 13.6. The number of thioether (sulfide) groups is 1. The number of carbonyl (C=O) groups excluding carboxylic acids is 2. The fourth-order valence-corrected chi connectivity index (χ4v) is 4.40. The first kappa shape index (κ1) is 20.4. The van der Waals surface area contributed by atoms with Crippen molar-refractivity contribution >= 4 is 35.0 Å². The number of anilines is 2. The fraction of sp³-hybridized carbons (Fsp3) is 0.364. The van der Waals surface area contributed by atoms with Gasteiger partial charge < -0.3 is 5.32 Å². The third kappa shape index (κ3) is 5.13. The van der Waals surface area contributed by atoms with Crippen molar-refractivity contribution in [2.24, 2.45) is 0 Å². The van der Waals surface area contributed by atoms with Gasteiger partial charge >= 0.3 is 0 Å². The molecule has 2 aromatic rings. The lowest BCUT2D eigenvalue weighted by Crippen LogP contribution is -2.27. The van der Waals surface area contributed by atoms with Crippen LogP contribution in [-0.4, -0.2) is 17.6 Å². The molecular formula is C22H25FN2O2S. The lowest BCUT2D eigenvalue weighted by atomic mass is 10.1. The Hall–Kier alpha value is -2.34. The smallest absolute Gasteiger partial charge is 0.238 e. The van der Waals surface area contributed by atoms with Crippen molar-refractivity contribution < 1.29 is 14.0 Å². The number of hydrogen-bond donors (Lipinski definition) is 1. The molecule has 1 atom stereocenters. The van der Waals surface area contributed by atoms with E-state index in [-0.39, 0.29) is 23.0 Å². The van der Waals surface area contributed by atoms with Gasteiger partial charge in [-0.05, 0) is 48.4 Å². The number of amides is 2. The summed E-state index contributed by atoms with van der Waals surface area (Å²) in [4.78, 5) is 26.1. The molecular weight excluding hydrogens is 375 g/mol. The van der Waals surface area contributed by atoms with Gasteiger partial charge in [-0.1, -0.05) is 38.3 Å². The molecule has 1 saturated heterocycles. The zero-order chi connectivity index (χ0) is 19.9. The maximum absolute atomic E-state index is 13.2. The minimum Gasteiger partial charge on any atom is -0.326 e. The van der Waals surface area contributed by atoms with Gasteiger partial charge in [-0.25, -0.2) is 4.39 Å². The second-order valence-electron chi connectivity index (χ2n) is 6.88. The van der Waals surface area contributed by atoms with Crippen LogP contribution in [0.15, 0.2) is 48.5 Å². The Kier molecular flexibility index (Phi) is 7.09. The molecule has 1 N–H and O–H groups in total. The van der Waals surface area contributed by atoms with Crippen LogP contribution in [0.1, 0.15) is 50.0 Å². The molecule has 0 saturated carbocycles. The van der Waals surface area contributed by atoms with E-state index in [0.29, 0.717) is 17.9 Å². The molecule has 0 radical (unpaired) electrons. The van der Waals surface area contributed by atoms with Gasteiger partial charge in [0, 0.05) is 17.8 Å². The Bertz CT molecular complexity index is 808. The van der Waals surface area contributed by atoms with E-state index in [1.54, 1.807) is 28.8 Å². The fourth-order valence-electron chi connectivity index (χ4n) is 3.22. The Morgan fingerprint density at radius 1 is 1.11 bits per heavy atom. The monoisotopic (exact) mass is 400 g/mol. The average Bonchev–Trinajstić information content (AvgIpc) is 3.08. The average molecular weight is 401 g/mol. The van der Waals surface area contributed by atoms with Gasteiger partial charge in [0.05, 0.1) is 5.75 Å². The van der Waals surface area contributed by atoms with Crippen LogP contribution >= 0.6 is 11.8 Å². The maximum Gasteiger partial charge on any atom is 0.238 e. The largest absolute Gasteiger partial charge is 0.326 e. The van der Waals surface area contributed by atoms with Crippen LogP contribution in [0.2, 0.25) is 0 Å². The number of carbonyl (C=O) groups is 2. The van der Waals surface area contributed by atoms with Gasteiger partial charge in [-0.15, -0.1) is 11.8 Å². The van der Waals surface area contributed by atoms with E-state index in [2.05, 4.69) is 12.2 Å². The predicted molar refractivity (Wildman–Crippen MR) is 113 cm³/mol. The maximum atomic E-state index is 13.2. The summed E-state index contributed by atoms with van der Waals surface area (Å²) < 4.78 is 13.2. The highest BCUT2D eigenvalue weighted by molar-refractivity contribution is 8.00. The molecule has 0 spiro atoms. The van der Waals surface area contributed by atoms with E-state index in [9.17, 15) is 14.0 Å². The Balaban J connectivity index is 1.64. The van der Waals surface area contributed by atoms with Gasteiger partial charge in [0.1, 0.15) is 11.2 Å². The van der Waals surface area contributed by atoms with E-state index in [1.807, 2.05) is 24.3 Å². The van der Waals surface area contributed by atoms with Crippen molar-refractivity contribution in [1.29, 1.82) is 0 Å². The van der Waals surface area contributed by atoms with Crippen molar-refractivity contribution in [3.8, 4) is 0 Å². The molecule has 2 aromatic carbocycles. The third-order valence-corrected chi connectivity index (χ3v) is 5.92. The second kappa shape index (κ2) is 9.73. The third-order valence-electron chi connectivity index (χ3n) is 4.71. The predicted octanol–water partition coefficient (Wildman–Crippen LogP) is 5.51. The van der Waals surface area contributed by atoms with Crippen LogP contribution in [0.25, 0.3) is 0 Å². The van der Waals surface area contributed by atoms with Crippen LogP contribution in [0, 0.1) is 5.82 Å². The van der Waals surface area contributed by atoms with E-state index >= 15 is 0 Å². The molecule has 0 aromatic heterocycles. The molecule has 28 heavy (non-hydrogen) atoms. The number of nitrogens with zero attached hydrogens (tertiary/aromatic N) is 1. The molecule has 1 aliphatic rings. The summed E-state index contributed by atoms with van der Waals surface area (Å²) in [6.45, 7) is 2.15. The topological polar surface area (TPSA) is 49.4 Å². The van der Waals surface area contributed by atoms with Gasteiger partial charge in [0.15, 0.2) is 0 Å². The summed E-state index contributed by atoms with van der Waals surface area (Å²) in [5.74, 6) is 0.0980. The summed E-state index contributed by atoms with van der Waals surface area (Å²) >= 11 is 1.54. The molecule has 2 amide bonds. The number of halogens is 1. The lowest BCUT2D eigenvalue weighted by molar-refractivity contribution is -0.116. The van der Waals surface area contributed by atoms with Crippen LogP contribution in [0.3, 0.4) is 0 Å². The first-order valence-electron chi connectivity index (χ1n) is 9.67. The zero-order valence-corrected chi connectivity index (χ0v) is 16.8. The summed E-state index contributed by atoms with van der Waals surface area (Å²) in [6, 6.07) is 13.6. The van der Waals surface area contributed by atoms with Crippen LogP contribution in [0.5, 0.6) is 0 Å². The highest BCUT2D eigenvalue weighted by atomic mass is 32.2. The van der Waals surface area contributed by atoms with Gasteiger partial charge in [-0.3, -0.25) is 14.5 Å². The van der Waals surface area contributed by atoms with Crippen molar-refractivity contribution in [1.82, 2.24) is 0 Å². The first-order valence-corrected chi connectivity index (χ1v) is 10.7. The minimum atomic E-state index is -0.325. The SMILES string of the molecule is CCCCCCC(=O)Nc1ccc([C@@H]2SCC(=O)N2c2ccc(F)cc2)cc1. The van der Waals surface area contributed by atoms with E-state index in [4.69, 9.17) is 0 Å². The van der Waals surface area contributed by atoms with Crippen molar-refractivity contribution in [2.75, 3.05) is 16.0 Å². The number of unbranched alkanes of at least 4 members (excludes halogenated alkanes) is 3. The van der Waals surface area contributed by atoms with Gasteiger partial charge in [0.2, 0.25) is 11.8 Å². The molecule has 1 heterocycles. The minimum absolute atomic E-state index is 0.00562. The molecule has 1 fully saturated rings. The molecule has 0 bridgehead atoms.